The number of ether oxygens (including phenoxy) is 1. The lowest BCUT2D eigenvalue weighted by Gasteiger charge is -2.37. The van der Waals surface area contributed by atoms with Gasteiger partial charge < -0.3 is 4.74 Å². The molecule has 0 amide bonds. The smallest absolute Gasteiger partial charge is 0.160 e. The number of benzene rings is 1. The maximum absolute atomic E-state index is 6.04. The first-order chi connectivity index (χ1) is 7.87. The fraction of sp³-hybridized carbons (Fsp3) is 0.571. The third-order valence-corrected chi connectivity index (χ3v) is 3.06. The van der Waals surface area contributed by atoms with E-state index in [1.165, 1.54) is 18.4 Å². The number of piperidine rings is 1. The minimum atomic E-state index is -0.352. The molecule has 0 saturated carbocycles. The molecule has 1 aromatic carbocycles. The van der Waals surface area contributed by atoms with E-state index in [9.17, 15) is 0 Å². The predicted molar refractivity (Wildman–Crippen MR) is 65.2 cm³/mol. The Balaban J connectivity index is 2.19. The SMILES string of the molecule is CCCOC1(c2ccccc2)CCCC[N]1. The maximum atomic E-state index is 6.04. The van der Waals surface area contributed by atoms with E-state index in [1.807, 2.05) is 6.07 Å². The van der Waals surface area contributed by atoms with Crippen molar-refractivity contribution in [3.8, 4) is 0 Å². The summed E-state index contributed by atoms with van der Waals surface area (Å²) < 4.78 is 6.04. The van der Waals surface area contributed by atoms with Gasteiger partial charge in [0, 0.05) is 13.2 Å². The van der Waals surface area contributed by atoms with Crippen molar-refractivity contribution in [1.29, 1.82) is 0 Å². The van der Waals surface area contributed by atoms with Crippen LogP contribution in [-0.4, -0.2) is 13.2 Å². The first-order valence-corrected chi connectivity index (χ1v) is 6.25. The van der Waals surface area contributed by atoms with Crippen LogP contribution in [0.5, 0.6) is 0 Å². The van der Waals surface area contributed by atoms with Gasteiger partial charge in [0.2, 0.25) is 0 Å². The number of hydrogen-bond acceptors (Lipinski definition) is 1. The van der Waals surface area contributed by atoms with Crippen molar-refractivity contribution in [3.05, 3.63) is 35.9 Å². The second kappa shape index (κ2) is 5.46. The normalized spacial score (nSPS) is 25.6. The Labute approximate surface area is 98.0 Å². The topological polar surface area (TPSA) is 23.3 Å². The van der Waals surface area contributed by atoms with Crippen molar-refractivity contribution in [1.82, 2.24) is 5.32 Å². The van der Waals surface area contributed by atoms with Gasteiger partial charge in [-0.2, -0.15) is 0 Å². The van der Waals surface area contributed by atoms with E-state index in [0.29, 0.717) is 0 Å². The number of hydrogen-bond donors (Lipinski definition) is 0. The van der Waals surface area contributed by atoms with Gasteiger partial charge in [-0.1, -0.05) is 37.3 Å². The Bertz CT molecular complexity index is 304. The lowest BCUT2D eigenvalue weighted by molar-refractivity contribution is -0.0972. The molecule has 1 aliphatic rings. The highest BCUT2D eigenvalue weighted by molar-refractivity contribution is 5.22. The highest BCUT2D eigenvalue weighted by Gasteiger charge is 2.35. The fourth-order valence-electron chi connectivity index (χ4n) is 2.22. The standard InChI is InChI=1S/C14H20NO/c1-2-12-16-14(10-6-7-11-15-14)13-8-4-3-5-9-13/h3-5,8-9H,2,6-7,10-12H2,1H3. The van der Waals surface area contributed by atoms with E-state index < -0.39 is 0 Å². The van der Waals surface area contributed by atoms with Crippen LogP contribution in [0.25, 0.3) is 0 Å². The molecule has 0 spiro atoms. The average molecular weight is 218 g/mol. The van der Waals surface area contributed by atoms with Gasteiger partial charge in [0.1, 0.15) is 0 Å². The Morgan fingerprint density at radius 2 is 2.06 bits per heavy atom. The van der Waals surface area contributed by atoms with Crippen LogP contribution in [0, 0.1) is 0 Å². The molecule has 0 bridgehead atoms. The zero-order chi connectivity index (χ0) is 11.3. The Morgan fingerprint density at radius 1 is 1.25 bits per heavy atom. The van der Waals surface area contributed by atoms with E-state index in [0.717, 1.165) is 26.0 Å². The van der Waals surface area contributed by atoms with Crippen LogP contribution in [0.1, 0.15) is 38.2 Å². The van der Waals surface area contributed by atoms with Crippen molar-refractivity contribution in [3.63, 3.8) is 0 Å². The quantitative estimate of drug-likeness (QED) is 0.761. The molecule has 0 aliphatic carbocycles. The molecule has 1 unspecified atom stereocenters. The summed E-state index contributed by atoms with van der Waals surface area (Å²) in [6.45, 7) is 3.86. The molecule has 2 heteroatoms. The van der Waals surface area contributed by atoms with Crippen LogP contribution in [0.15, 0.2) is 30.3 Å². The van der Waals surface area contributed by atoms with Crippen molar-refractivity contribution in [2.75, 3.05) is 13.2 Å². The largest absolute Gasteiger partial charge is 0.355 e. The highest BCUT2D eigenvalue weighted by atomic mass is 16.5. The number of rotatable bonds is 4. The minimum absolute atomic E-state index is 0.352. The highest BCUT2D eigenvalue weighted by Crippen LogP contribution is 2.32. The Kier molecular flexibility index (Phi) is 3.97. The summed E-state index contributed by atoms with van der Waals surface area (Å²) in [4.78, 5) is 0. The van der Waals surface area contributed by atoms with E-state index >= 15 is 0 Å². The molecular formula is C14H20NO. The van der Waals surface area contributed by atoms with Crippen LogP contribution in [-0.2, 0) is 10.5 Å². The van der Waals surface area contributed by atoms with Gasteiger partial charge in [0.25, 0.3) is 0 Å². The van der Waals surface area contributed by atoms with Crippen LogP contribution in [0.3, 0.4) is 0 Å². The summed E-state index contributed by atoms with van der Waals surface area (Å²) in [7, 11) is 0. The van der Waals surface area contributed by atoms with Crippen molar-refractivity contribution < 1.29 is 4.74 Å². The van der Waals surface area contributed by atoms with Crippen LogP contribution in [0.4, 0.5) is 0 Å². The molecule has 87 valence electrons. The molecule has 1 saturated heterocycles. The summed E-state index contributed by atoms with van der Waals surface area (Å²) in [6, 6.07) is 10.4. The Hall–Kier alpha value is -0.860. The summed E-state index contributed by atoms with van der Waals surface area (Å²) in [6.07, 6.45) is 4.48. The molecule has 2 rings (SSSR count). The second-order valence-corrected chi connectivity index (χ2v) is 4.34. The first kappa shape index (κ1) is 11.6. The maximum Gasteiger partial charge on any atom is 0.160 e. The molecule has 2 nitrogen and oxygen atoms in total. The number of nitrogens with zero attached hydrogens (tertiary/aromatic N) is 1. The van der Waals surface area contributed by atoms with Gasteiger partial charge in [-0.05, 0) is 31.2 Å². The van der Waals surface area contributed by atoms with Crippen LogP contribution in [0.2, 0.25) is 0 Å². The lowest BCUT2D eigenvalue weighted by Crippen LogP contribution is -2.43. The van der Waals surface area contributed by atoms with Gasteiger partial charge in [0.15, 0.2) is 5.72 Å². The van der Waals surface area contributed by atoms with E-state index in [4.69, 9.17) is 10.1 Å². The predicted octanol–water partition coefficient (Wildman–Crippen LogP) is 3.05. The van der Waals surface area contributed by atoms with Gasteiger partial charge in [-0.25, -0.2) is 5.32 Å². The fourth-order valence-corrected chi connectivity index (χ4v) is 2.22. The molecular weight excluding hydrogens is 198 g/mol. The monoisotopic (exact) mass is 218 g/mol. The van der Waals surface area contributed by atoms with E-state index in [1.54, 1.807) is 0 Å². The van der Waals surface area contributed by atoms with Crippen molar-refractivity contribution in [2.45, 2.75) is 38.3 Å². The van der Waals surface area contributed by atoms with Crippen LogP contribution >= 0.6 is 0 Å². The van der Waals surface area contributed by atoms with Gasteiger partial charge in [-0.15, -0.1) is 0 Å². The lowest BCUT2D eigenvalue weighted by atomic mass is 9.93. The second-order valence-electron chi connectivity index (χ2n) is 4.34. The summed E-state index contributed by atoms with van der Waals surface area (Å²) in [5.74, 6) is 0. The van der Waals surface area contributed by atoms with Crippen molar-refractivity contribution >= 4 is 0 Å². The third kappa shape index (κ3) is 2.45. The van der Waals surface area contributed by atoms with E-state index in [2.05, 4.69) is 31.2 Å². The molecule has 1 fully saturated rings. The molecule has 0 aromatic heterocycles. The zero-order valence-electron chi connectivity index (χ0n) is 9.98. The third-order valence-electron chi connectivity index (χ3n) is 3.06. The molecule has 16 heavy (non-hydrogen) atoms. The molecule has 0 N–H and O–H groups in total. The molecule has 1 atom stereocenters. The minimum Gasteiger partial charge on any atom is -0.355 e. The van der Waals surface area contributed by atoms with Gasteiger partial charge >= 0.3 is 0 Å². The first-order valence-electron chi connectivity index (χ1n) is 6.25. The molecule has 1 heterocycles. The molecule has 1 aromatic rings. The van der Waals surface area contributed by atoms with Crippen LogP contribution < -0.4 is 5.32 Å². The average Bonchev–Trinajstić information content (AvgIpc) is 2.38. The Morgan fingerprint density at radius 3 is 2.69 bits per heavy atom. The van der Waals surface area contributed by atoms with Gasteiger partial charge in [0.05, 0.1) is 0 Å². The van der Waals surface area contributed by atoms with Gasteiger partial charge in [-0.3, -0.25) is 0 Å². The summed E-state index contributed by atoms with van der Waals surface area (Å²) in [5.41, 5.74) is 0.860. The van der Waals surface area contributed by atoms with E-state index in [-0.39, 0.29) is 5.72 Å². The summed E-state index contributed by atoms with van der Waals surface area (Å²) in [5, 5.41) is 4.75. The summed E-state index contributed by atoms with van der Waals surface area (Å²) >= 11 is 0. The molecule has 1 radical (unpaired) electrons. The zero-order valence-corrected chi connectivity index (χ0v) is 9.98. The van der Waals surface area contributed by atoms with Crippen molar-refractivity contribution in [2.24, 2.45) is 0 Å². The molecule has 1 aliphatic heterocycles.